The van der Waals surface area contributed by atoms with Gasteiger partial charge in [-0.05, 0) is 31.9 Å². The molecule has 6 heteroatoms. The first-order valence-corrected chi connectivity index (χ1v) is 7.00. The third-order valence-corrected chi connectivity index (χ3v) is 3.59. The zero-order valence-corrected chi connectivity index (χ0v) is 11.6. The van der Waals surface area contributed by atoms with E-state index in [9.17, 15) is 0 Å². The molecule has 6 nitrogen and oxygen atoms in total. The second kappa shape index (κ2) is 6.00. The number of aryl methyl sites for hydroxylation is 1. The van der Waals surface area contributed by atoms with E-state index in [0.717, 1.165) is 36.9 Å². The molecule has 1 atom stereocenters. The van der Waals surface area contributed by atoms with Gasteiger partial charge in [0.05, 0.1) is 5.69 Å². The molecule has 1 saturated heterocycles. The Bertz CT molecular complexity index is 542. The highest BCUT2D eigenvalue weighted by Gasteiger charge is 2.25. The molecule has 2 aromatic heterocycles. The molecule has 1 aliphatic rings. The van der Waals surface area contributed by atoms with Gasteiger partial charge in [0.1, 0.15) is 5.76 Å². The minimum absolute atomic E-state index is 0.472. The van der Waals surface area contributed by atoms with Crippen LogP contribution in [0, 0.1) is 6.92 Å². The fourth-order valence-electron chi connectivity index (χ4n) is 2.66. The van der Waals surface area contributed by atoms with Crippen molar-refractivity contribution in [3.05, 3.63) is 35.9 Å². The first-order chi connectivity index (χ1) is 9.83. The number of aromatic nitrogens is 3. The Labute approximate surface area is 118 Å². The van der Waals surface area contributed by atoms with Gasteiger partial charge in [0.15, 0.2) is 5.82 Å². The van der Waals surface area contributed by atoms with Crippen LogP contribution in [0.5, 0.6) is 0 Å². The lowest BCUT2D eigenvalue weighted by Gasteiger charge is -2.25. The highest BCUT2D eigenvalue weighted by Crippen LogP contribution is 2.22. The standard InChI is InChI=1S/C14H19N5O/c1-11-8-12(18-20-11)9-15-10-13-4-3-7-19(13)14-5-2-6-16-17-14/h2,5-6,8,13,15H,3-4,7,9-10H2,1H3/t13-/m0/s1. The van der Waals surface area contributed by atoms with Gasteiger partial charge in [-0.25, -0.2) is 0 Å². The van der Waals surface area contributed by atoms with E-state index in [4.69, 9.17) is 4.52 Å². The van der Waals surface area contributed by atoms with E-state index in [0.29, 0.717) is 6.04 Å². The van der Waals surface area contributed by atoms with Gasteiger partial charge >= 0.3 is 0 Å². The largest absolute Gasteiger partial charge is 0.361 e. The van der Waals surface area contributed by atoms with Crippen molar-refractivity contribution in [1.29, 1.82) is 0 Å². The van der Waals surface area contributed by atoms with Crippen molar-refractivity contribution in [2.75, 3.05) is 18.0 Å². The lowest BCUT2D eigenvalue weighted by atomic mass is 10.2. The highest BCUT2D eigenvalue weighted by molar-refractivity contribution is 5.39. The summed E-state index contributed by atoms with van der Waals surface area (Å²) < 4.78 is 5.06. The molecule has 3 rings (SSSR count). The van der Waals surface area contributed by atoms with E-state index in [-0.39, 0.29) is 0 Å². The number of hydrogen-bond donors (Lipinski definition) is 1. The van der Waals surface area contributed by atoms with Gasteiger partial charge in [-0.3, -0.25) is 0 Å². The summed E-state index contributed by atoms with van der Waals surface area (Å²) in [6.45, 7) is 4.61. The monoisotopic (exact) mass is 273 g/mol. The first-order valence-electron chi connectivity index (χ1n) is 7.00. The van der Waals surface area contributed by atoms with E-state index in [1.54, 1.807) is 6.20 Å². The lowest BCUT2D eigenvalue weighted by molar-refractivity contribution is 0.387. The molecule has 2 aromatic rings. The summed E-state index contributed by atoms with van der Waals surface area (Å²) in [6.07, 6.45) is 4.09. The molecule has 20 heavy (non-hydrogen) atoms. The van der Waals surface area contributed by atoms with Crippen molar-refractivity contribution in [2.24, 2.45) is 0 Å². The van der Waals surface area contributed by atoms with E-state index in [1.165, 1.54) is 12.8 Å². The summed E-state index contributed by atoms with van der Waals surface area (Å²) in [5.74, 6) is 1.82. The zero-order chi connectivity index (χ0) is 13.8. The fourth-order valence-corrected chi connectivity index (χ4v) is 2.66. The summed E-state index contributed by atoms with van der Waals surface area (Å²) in [7, 11) is 0. The van der Waals surface area contributed by atoms with E-state index in [1.807, 2.05) is 25.1 Å². The number of nitrogens with one attached hydrogen (secondary N) is 1. The van der Waals surface area contributed by atoms with Crippen LogP contribution in [-0.2, 0) is 6.54 Å². The molecule has 106 valence electrons. The topological polar surface area (TPSA) is 67.1 Å². The molecular formula is C14H19N5O. The molecule has 0 radical (unpaired) electrons. The third kappa shape index (κ3) is 2.96. The maximum Gasteiger partial charge on any atom is 0.151 e. The van der Waals surface area contributed by atoms with Crippen molar-refractivity contribution in [2.45, 2.75) is 32.4 Å². The molecule has 0 aliphatic carbocycles. The smallest absolute Gasteiger partial charge is 0.151 e. The van der Waals surface area contributed by atoms with Gasteiger partial charge in [0.25, 0.3) is 0 Å². The van der Waals surface area contributed by atoms with Gasteiger partial charge in [0, 0.05) is 37.9 Å². The van der Waals surface area contributed by atoms with Crippen LogP contribution >= 0.6 is 0 Å². The van der Waals surface area contributed by atoms with Crippen LogP contribution in [0.3, 0.4) is 0 Å². The summed E-state index contributed by atoms with van der Waals surface area (Å²) in [4.78, 5) is 2.33. The maximum atomic E-state index is 5.06. The van der Waals surface area contributed by atoms with Crippen molar-refractivity contribution in [1.82, 2.24) is 20.7 Å². The summed E-state index contributed by atoms with van der Waals surface area (Å²) in [6, 6.07) is 6.39. The molecular weight excluding hydrogens is 254 g/mol. The Morgan fingerprint density at radius 3 is 3.20 bits per heavy atom. The molecule has 0 saturated carbocycles. The van der Waals surface area contributed by atoms with Crippen LogP contribution in [0.25, 0.3) is 0 Å². The minimum Gasteiger partial charge on any atom is -0.361 e. The SMILES string of the molecule is Cc1cc(CNC[C@@H]2CCCN2c2cccnn2)no1. The third-order valence-electron chi connectivity index (χ3n) is 3.59. The van der Waals surface area contributed by atoms with E-state index >= 15 is 0 Å². The van der Waals surface area contributed by atoms with Crippen molar-refractivity contribution >= 4 is 5.82 Å². The average Bonchev–Trinajstić information content (AvgIpc) is 3.09. The molecule has 0 bridgehead atoms. The van der Waals surface area contributed by atoms with E-state index < -0.39 is 0 Å². The average molecular weight is 273 g/mol. The first kappa shape index (κ1) is 13.1. The van der Waals surface area contributed by atoms with Gasteiger partial charge in [-0.2, -0.15) is 5.10 Å². The summed E-state index contributed by atoms with van der Waals surface area (Å²) >= 11 is 0. The number of nitrogens with zero attached hydrogens (tertiary/aromatic N) is 4. The Kier molecular flexibility index (Phi) is 3.92. The Morgan fingerprint density at radius 1 is 1.50 bits per heavy atom. The lowest BCUT2D eigenvalue weighted by Crippen LogP contribution is -2.38. The molecule has 0 amide bonds. The maximum absolute atomic E-state index is 5.06. The van der Waals surface area contributed by atoms with Crippen LogP contribution in [0.2, 0.25) is 0 Å². The molecule has 0 aromatic carbocycles. The normalized spacial score (nSPS) is 18.6. The van der Waals surface area contributed by atoms with Crippen molar-refractivity contribution in [3.63, 3.8) is 0 Å². The predicted octanol–water partition coefficient (Wildman–Crippen LogP) is 1.53. The van der Waals surface area contributed by atoms with Gasteiger partial charge in [0.2, 0.25) is 0 Å². The fraction of sp³-hybridized carbons (Fsp3) is 0.500. The summed E-state index contributed by atoms with van der Waals surface area (Å²) in [5, 5.41) is 15.6. The molecule has 1 aliphatic heterocycles. The van der Waals surface area contributed by atoms with Crippen LogP contribution in [0.4, 0.5) is 5.82 Å². The molecule has 0 spiro atoms. The van der Waals surface area contributed by atoms with Crippen LogP contribution in [0.15, 0.2) is 28.9 Å². The second-order valence-corrected chi connectivity index (χ2v) is 5.13. The van der Waals surface area contributed by atoms with Crippen molar-refractivity contribution < 1.29 is 4.52 Å². The quantitative estimate of drug-likeness (QED) is 0.891. The number of anilines is 1. The number of hydrogen-bond acceptors (Lipinski definition) is 6. The second-order valence-electron chi connectivity index (χ2n) is 5.13. The minimum atomic E-state index is 0.472. The molecule has 3 heterocycles. The zero-order valence-electron chi connectivity index (χ0n) is 11.6. The number of rotatable bonds is 5. The summed E-state index contributed by atoms with van der Waals surface area (Å²) in [5.41, 5.74) is 0.951. The Morgan fingerprint density at radius 2 is 2.45 bits per heavy atom. The molecule has 0 unspecified atom stereocenters. The van der Waals surface area contributed by atoms with Crippen molar-refractivity contribution in [3.8, 4) is 0 Å². The van der Waals surface area contributed by atoms with Gasteiger partial charge < -0.3 is 14.7 Å². The Hall–Kier alpha value is -1.95. The predicted molar refractivity (Wildman–Crippen MR) is 75.3 cm³/mol. The molecule has 1 fully saturated rings. The highest BCUT2D eigenvalue weighted by atomic mass is 16.5. The molecule has 1 N–H and O–H groups in total. The van der Waals surface area contributed by atoms with Crippen LogP contribution in [-0.4, -0.2) is 34.5 Å². The van der Waals surface area contributed by atoms with Crippen LogP contribution in [0.1, 0.15) is 24.3 Å². The Balaban J connectivity index is 1.54. The van der Waals surface area contributed by atoms with Crippen LogP contribution < -0.4 is 10.2 Å². The van der Waals surface area contributed by atoms with E-state index in [2.05, 4.69) is 25.6 Å². The van der Waals surface area contributed by atoms with Gasteiger partial charge in [-0.15, -0.1) is 5.10 Å². The van der Waals surface area contributed by atoms with Gasteiger partial charge in [-0.1, -0.05) is 5.16 Å².